The minimum absolute atomic E-state index is 1.01. The van der Waals surface area contributed by atoms with Crippen molar-refractivity contribution >= 4 is 11.6 Å². The highest BCUT2D eigenvalue weighted by atomic mass is 15.3. The number of nitrogens with one attached hydrogen (secondary N) is 1. The molecule has 0 bridgehead atoms. The van der Waals surface area contributed by atoms with Crippen LogP contribution >= 0.6 is 0 Å². The third-order valence-electron chi connectivity index (χ3n) is 5.34. The summed E-state index contributed by atoms with van der Waals surface area (Å²) in [4.78, 5) is 11.7. The van der Waals surface area contributed by atoms with Crippen LogP contribution in [0, 0.1) is 6.92 Å². The monoisotopic (exact) mass is 373 g/mol. The molecular formula is C22H39N5. The molecule has 1 saturated heterocycles. The van der Waals surface area contributed by atoms with Crippen molar-refractivity contribution in [3.63, 3.8) is 0 Å². The molecule has 27 heavy (non-hydrogen) atoms. The van der Waals surface area contributed by atoms with Crippen molar-refractivity contribution in [3.8, 4) is 0 Å². The summed E-state index contributed by atoms with van der Waals surface area (Å²) in [7, 11) is 4.00. The Hall–Kier alpha value is -1.75. The topological polar surface area (TPSA) is 34.1 Å². The first kappa shape index (κ1) is 21.5. The molecule has 5 heteroatoms. The van der Waals surface area contributed by atoms with Crippen molar-refractivity contribution in [1.82, 2.24) is 15.1 Å². The molecule has 0 aromatic heterocycles. The zero-order valence-corrected chi connectivity index (χ0v) is 17.9. The van der Waals surface area contributed by atoms with Gasteiger partial charge in [0.1, 0.15) is 0 Å². The normalized spacial score (nSPS) is 15.9. The van der Waals surface area contributed by atoms with Gasteiger partial charge in [0, 0.05) is 59.1 Å². The van der Waals surface area contributed by atoms with Crippen LogP contribution in [0.2, 0.25) is 0 Å². The van der Waals surface area contributed by atoms with Gasteiger partial charge in [0.05, 0.1) is 0 Å². The number of hydrogen-bond acceptors (Lipinski definition) is 3. The summed E-state index contributed by atoms with van der Waals surface area (Å²) in [6.45, 7) is 12.3. The van der Waals surface area contributed by atoms with Gasteiger partial charge in [0.25, 0.3) is 0 Å². The van der Waals surface area contributed by atoms with Gasteiger partial charge in [-0.15, -0.1) is 0 Å². The number of nitrogens with zero attached hydrogens (tertiary/aromatic N) is 4. The van der Waals surface area contributed by atoms with E-state index >= 15 is 0 Å². The van der Waals surface area contributed by atoms with E-state index in [-0.39, 0.29) is 0 Å². The summed E-state index contributed by atoms with van der Waals surface area (Å²) >= 11 is 0. The second kappa shape index (κ2) is 11.9. The molecule has 1 aliphatic rings. The summed E-state index contributed by atoms with van der Waals surface area (Å²) in [6.07, 6.45) is 4.87. The molecule has 0 unspecified atom stereocenters. The first-order chi connectivity index (χ1) is 13.1. The number of aliphatic imine (C=N–C) groups is 1. The standard InChI is InChI=1S/C22H39N5/c1-5-6-13-25(4)22(23-3)24-12-7-8-14-26-15-17-27(18-16-26)21-11-9-10-20(2)19-21/h9-11,19H,5-8,12-18H2,1-4H3,(H,23,24). The predicted octanol–water partition coefficient (Wildman–Crippen LogP) is 3.20. The third-order valence-corrected chi connectivity index (χ3v) is 5.34. The van der Waals surface area contributed by atoms with Crippen LogP contribution in [0.1, 0.15) is 38.2 Å². The maximum Gasteiger partial charge on any atom is 0.193 e. The van der Waals surface area contributed by atoms with Gasteiger partial charge < -0.3 is 15.1 Å². The minimum atomic E-state index is 1.01. The second-order valence-electron chi connectivity index (χ2n) is 7.62. The van der Waals surface area contributed by atoms with Crippen LogP contribution in [-0.4, -0.2) is 75.7 Å². The van der Waals surface area contributed by atoms with Crippen molar-refractivity contribution in [1.29, 1.82) is 0 Å². The maximum absolute atomic E-state index is 4.39. The van der Waals surface area contributed by atoms with E-state index in [4.69, 9.17) is 0 Å². The van der Waals surface area contributed by atoms with Crippen LogP contribution in [0.4, 0.5) is 5.69 Å². The maximum atomic E-state index is 4.39. The first-order valence-electron chi connectivity index (χ1n) is 10.6. The number of piperazine rings is 1. The van der Waals surface area contributed by atoms with Gasteiger partial charge in [-0.2, -0.15) is 0 Å². The minimum Gasteiger partial charge on any atom is -0.369 e. The Morgan fingerprint density at radius 1 is 1.15 bits per heavy atom. The summed E-state index contributed by atoms with van der Waals surface area (Å²) in [5.41, 5.74) is 2.72. The molecule has 0 saturated carbocycles. The zero-order chi connectivity index (χ0) is 19.5. The Balaban J connectivity index is 1.59. The average Bonchev–Trinajstić information content (AvgIpc) is 2.69. The summed E-state index contributed by atoms with van der Waals surface area (Å²) < 4.78 is 0. The van der Waals surface area contributed by atoms with Gasteiger partial charge in [0.15, 0.2) is 5.96 Å². The Morgan fingerprint density at radius 3 is 2.59 bits per heavy atom. The van der Waals surface area contributed by atoms with E-state index in [0.29, 0.717) is 0 Å². The smallest absolute Gasteiger partial charge is 0.193 e. The molecule has 0 aliphatic carbocycles. The lowest BCUT2D eigenvalue weighted by Crippen LogP contribution is -2.46. The largest absolute Gasteiger partial charge is 0.369 e. The number of guanidine groups is 1. The highest BCUT2D eigenvalue weighted by Gasteiger charge is 2.16. The molecule has 5 nitrogen and oxygen atoms in total. The van der Waals surface area contributed by atoms with Crippen LogP contribution in [0.15, 0.2) is 29.3 Å². The molecule has 2 rings (SSSR count). The molecule has 0 spiro atoms. The molecular weight excluding hydrogens is 334 g/mol. The van der Waals surface area contributed by atoms with Gasteiger partial charge in [-0.05, 0) is 50.4 Å². The fourth-order valence-electron chi connectivity index (χ4n) is 3.60. The Morgan fingerprint density at radius 2 is 1.93 bits per heavy atom. The van der Waals surface area contributed by atoms with Crippen molar-refractivity contribution in [2.45, 2.75) is 39.5 Å². The van der Waals surface area contributed by atoms with E-state index < -0.39 is 0 Å². The first-order valence-corrected chi connectivity index (χ1v) is 10.6. The van der Waals surface area contributed by atoms with Crippen molar-refractivity contribution in [3.05, 3.63) is 29.8 Å². The number of hydrogen-bond donors (Lipinski definition) is 1. The van der Waals surface area contributed by atoms with E-state index in [1.54, 1.807) is 0 Å². The van der Waals surface area contributed by atoms with E-state index in [9.17, 15) is 0 Å². The molecule has 0 amide bonds. The number of aryl methyl sites for hydroxylation is 1. The Bertz CT molecular complexity index is 564. The molecule has 1 aromatic carbocycles. The van der Waals surface area contributed by atoms with Gasteiger partial charge in [-0.3, -0.25) is 9.89 Å². The molecule has 1 heterocycles. The summed E-state index contributed by atoms with van der Waals surface area (Å²) in [6, 6.07) is 8.87. The molecule has 0 radical (unpaired) electrons. The van der Waals surface area contributed by atoms with Crippen molar-refractivity contribution in [2.75, 3.05) is 64.8 Å². The number of benzene rings is 1. The van der Waals surface area contributed by atoms with Gasteiger partial charge in [-0.1, -0.05) is 25.5 Å². The second-order valence-corrected chi connectivity index (χ2v) is 7.62. The van der Waals surface area contributed by atoms with Gasteiger partial charge >= 0.3 is 0 Å². The number of unbranched alkanes of at least 4 members (excludes halogenated alkanes) is 2. The third kappa shape index (κ3) is 7.41. The molecule has 152 valence electrons. The van der Waals surface area contributed by atoms with Crippen LogP contribution in [0.5, 0.6) is 0 Å². The highest BCUT2D eigenvalue weighted by molar-refractivity contribution is 5.79. The van der Waals surface area contributed by atoms with E-state index in [0.717, 1.165) is 32.1 Å². The highest BCUT2D eigenvalue weighted by Crippen LogP contribution is 2.17. The lowest BCUT2D eigenvalue weighted by molar-refractivity contribution is 0.253. The fourth-order valence-corrected chi connectivity index (χ4v) is 3.60. The van der Waals surface area contributed by atoms with E-state index in [1.165, 1.54) is 56.6 Å². The number of anilines is 1. The van der Waals surface area contributed by atoms with Crippen LogP contribution in [-0.2, 0) is 0 Å². The Labute approximate surface area is 166 Å². The molecule has 1 aromatic rings. The fraction of sp³-hybridized carbons (Fsp3) is 0.682. The van der Waals surface area contributed by atoms with Gasteiger partial charge in [-0.25, -0.2) is 0 Å². The average molecular weight is 374 g/mol. The Kier molecular flexibility index (Phi) is 9.46. The van der Waals surface area contributed by atoms with Crippen LogP contribution < -0.4 is 10.2 Å². The molecule has 1 aliphatic heterocycles. The van der Waals surface area contributed by atoms with E-state index in [1.807, 2.05) is 7.05 Å². The van der Waals surface area contributed by atoms with Crippen molar-refractivity contribution in [2.24, 2.45) is 4.99 Å². The van der Waals surface area contributed by atoms with Crippen LogP contribution in [0.3, 0.4) is 0 Å². The molecule has 0 atom stereocenters. The van der Waals surface area contributed by atoms with Gasteiger partial charge in [0.2, 0.25) is 0 Å². The molecule has 1 fully saturated rings. The van der Waals surface area contributed by atoms with Crippen molar-refractivity contribution < 1.29 is 0 Å². The van der Waals surface area contributed by atoms with Crippen LogP contribution in [0.25, 0.3) is 0 Å². The predicted molar refractivity (Wildman–Crippen MR) is 118 cm³/mol. The lowest BCUT2D eigenvalue weighted by Gasteiger charge is -2.36. The SMILES string of the molecule is CCCCN(C)C(=NC)NCCCCN1CCN(c2cccc(C)c2)CC1. The summed E-state index contributed by atoms with van der Waals surface area (Å²) in [5.74, 6) is 1.02. The quantitative estimate of drug-likeness (QED) is 0.409. The summed E-state index contributed by atoms with van der Waals surface area (Å²) in [5, 5.41) is 3.50. The lowest BCUT2D eigenvalue weighted by atomic mass is 10.2. The zero-order valence-electron chi connectivity index (χ0n) is 17.9. The molecule has 1 N–H and O–H groups in total. The number of rotatable bonds is 9. The van der Waals surface area contributed by atoms with E-state index in [2.05, 4.69) is 70.2 Å².